The number of ether oxygens (including phenoxy) is 1. The second kappa shape index (κ2) is 9.60. The number of anilines is 1. The zero-order valence-corrected chi connectivity index (χ0v) is 19.8. The van der Waals surface area contributed by atoms with Crippen LogP contribution >= 0.6 is 22.9 Å². The van der Waals surface area contributed by atoms with Gasteiger partial charge in [0.1, 0.15) is 27.6 Å². The van der Waals surface area contributed by atoms with Crippen molar-refractivity contribution in [1.29, 1.82) is 0 Å². The van der Waals surface area contributed by atoms with Crippen molar-refractivity contribution < 1.29 is 18.8 Å². The fourth-order valence-corrected chi connectivity index (χ4v) is 4.70. The Bertz CT molecular complexity index is 1340. The van der Waals surface area contributed by atoms with E-state index in [1.807, 2.05) is 36.6 Å². The smallest absolute Gasteiger partial charge is 0.341 e. The van der Waals surface area contributed by atoms with E-state index in [1.54, 1.807) is 38.1 Å². The van der Waals surface area contributed by atoms with Gasteiger partial charge in [0.15, 0.2) is 0 Å². The number of carbonyl (C=O) groups excluding carboxylic acids is 2. The Hall–Kier alpha value is -3.42. The Kier molecular flexibility index (Phi) is 6.62. The lowest BCUT2D eigenvalue weighted by molar-refractivity contribution is 0.0529. The molecule has 0 spiro atoms. The molecular weight excluding hydrogens is 460 g/mol. The van der Waals surface area contributed by atoms with Crippen LogP contribution in [0.25, 0.3) is 22.4 Å². The molecule has 0 aliphatic carbocycles. The van der Waals surface area contributed by atoms with Crippen molar-refractivity contribution in [2.45, 2.75) is 20.8 Å². The van der Waals surface area contributed by atoms with Crippen LogP contribution in [-0.2, 0) is 4.74 Å². The van der Waals surface area contributed by atoms with E-state index in [0.717, 1.165) is 11.1 Å². The van der Waals surface area contributed by atoms with E-state index in [4.69, 9.17) is 20.9 Å². The standard InChI is InChI=1S/C25H21ClN2O4S/c1-4-31-25(30)21-18(16-9-7-8-14(2)12-16)13-33-24(21)27-23(29)20-15(3)32-28-22(20)17-10-5-6-11-19(17)26/h5-13H,4H2,1-3H3,(H,27,29). The molecule has 0 saturated heterocycles. The number of hydrogen-bond acceptors (Lipinski definition) is 6. The summed E-state index contributed by atoms with van der Waals surface area (Å²) in [5, 5.41) is 9.59. The Morgan fingerprint density at radius 1 is 1.09 bits per heavy atom. The molecule has 0 fully saturated rings. The third kappa shape index (κ3) is 4.55. The molecule has 0 saturated carbocycles. The summed E-state index contributed by atoms with van der Waals surface area (Å²) in [5.41, 5.74) is 4.11. The first-order valence-electron chi connectivity index (χ1n) is 10.3. The molecule has 0 bridgehead atoms. The average molecular weight is 481 g/mol. The minimum atomic E-state index is -0.501. The van der Waals surface area contributed by atoms with E-state index in [-0.39, 0.29) is 12.2 Å². The third-order valence-corrected chi connectivity index (χ3v) is 6.27. The van der Waals surface area contributed by atoms with Crippen LogP contribution in [0.1, 0.15) is 39.0 Å². The summed E-state index contributed by atoms with van der Waals surface area (Å²) < 4.78 is 10.6. The highest BCUT2D eigenvalue weighted by Gasteiger charge is 2.27. The van der Waals surface area contributed by atoms with E-state index in [2.05, 4.69) is 10.5 Å². The van der Waals surface area contributed by atoms with Gasteiger partial charge in [0.25, 0.3) is 5.91 Å². The Balaban J connectivity index is 1.75. The molecule has 2 aromatic carbocycles. The summed E-state index contributed by atoms with van der Waals surface area (Å²) >= 11 is 7.58. The van der Waals surface area contributed by atoms with Crippen molar-refractivity contribution in [3.8, 4) is 22.4 Å². The van der Waals surface area contributed by atoms with Crippen LogP contribution in [0.15, 0.2) is 58.4 Å². The number of esters is 1. The predicted molar refractivity (Wildman–Crippen MR) is 130 cm³/mol. The lowest BCUT2D eigenvalue weighted by Gasteiger charge is -2.10. The maximum absolute atomic E-state index is 13.3. The fourth-order valence-electron chi connectivity index (χ4n) is 3.52. The molecule has 4 rings (SSSR count). The minimum absolute atomic E-state index is 0.219. The molecule has 0 radical (unpaired) electrons. The number of halogens is 1. The number of amides is 1. The molecule has 33 heavy (non-hydrogen) atoms. The highest BCUT2D eigenvalue weighted by atomic mass is 35.5. The van der Waals surface area contributed by atoms with Crippen LogP contribution in [0.3, 0.4) is 0 Å². The Morgan fingerprint density at radius 3 is 2.61 bits per heavy atom. The second-order valence-corrected chi connectivity index (χ2v) is 8.63. The number of carbonyl (C=O) groups is 2. The first-order valence-corrected chi connectivity index (χ1v) is 11.5. The molecule has 1 N–H and O–H groups in total. The van der Waals surface area contributed by atoms with Crippen molar-refractivity contribution in [3.05, 3.63) is 81.4 Å². The second-order valence-electron chi connectivity index (χ2n) is 7.34. The van der Waals surface area contributed by atoms with Crippen LogP contribution in [0.4, 0.5) is 5.00 Å². The molecular formula is C25H21ClN2O4S. The van der Waals surface area contributed by atoms with E-state index in [0.29, 0.717) is 38.2 Å². The molecule has 0 aliphatic rings. The number of rotatable bonds is 6. The van der Waals surface area contributed by atoms with Crippen molar-refractivity contribution in [1.82, 2.24) is 5.16 Å². The zero-order valence-electron chi connectivity index (χ0n) is 18.3. The van der Waals surface area contributed by atoms with Gasteiger partial charge in [-0.1, -0.05) is 64.8 Å². The summed E-state index contributed by atoms with van der Waals surface area (Å²) in [6.07, 6.45) is 0. The number of benzene rings is 2. The molecule has 0 unspecified atom stereocenters. The van der Waals surface area contributed by atoms with E-state index >= 15 is 0 Å². The van der Waals surface area contributed by atoms with Gasteiger partial charge in [0, 0.05) is 16.5 Å². The Morgan fingerprint density at radius 2 is 1.88 bits per heavy atom. The molecule has 2 aromatic heterocycles. The third-order valence-electron chi connectivity index (χ3n) is 5.05. The van der Waals surface area contributed by atoms with Crippen LogP contribution in [-0.4, -0.2) is 23.6 Å². The molecule has 8 heteroatoms. The first-order chi connectivity index (χ1) is 15.9. The van der Waals surface area contributed by atoms with Gasteiger partial charge < -0.3 is 14.6 Å². The summed E-state index contributed by atoms with van der Waals surface area (Å²) in [6, 6.07) is 14.9. The SMILES string of the molecule is CCOC(=O)c1c(-c2cccc(C)c2)csc1NC(=O)c1c(-c2ccccc2Cl)noc1C. The van der Waals surface area contributed by atoms with E-state index in [1.165, 1.54) is 11.3 Å². The van der Waals surface area contributed by atoms with Gasteiger partial charge in [-0.15, -0.1) is 11.3 Å². The molecule has 0 atom stereocenters. The number of aromatic nitrogens is 1. The molecule has 4 aromatic rings. The van der Waals surface area contributed by atoms with Gasteiger partial charge >= 0.3 is 5.97 Å². The first kappa shape index (κ1) is 22.8. The molecule has 168 valence electrons. The number of hydrogen-bond donors (Lipinski definition) is 1. The molecule has 2 heterocycles. The van der Waals surface area contributed by atoms with Crippen molar-refractivity contribution in [2.75, 3.05) is 11.9 Å². The highest BCUT2D eigenvalue weighted by Crippen LogP contribution is 2.38. The van der Waals surface area contributed by atoms with Crippen molar-refractivity contribution >= 4 is 39.8 Å². The van der Waals surface area contributed by atoms with Crippen LogP contribution in [0.2, 0.25) is 5.02 Å². The Labute approximate surface area is 200 Å². The quantitative estimate of drug-likeness (QED) is 0.308. The maximum atomic E-state index is 13.3. The molecule has 1 amide bonds. The van der Waals surface area contributed by atoms with E-state index in [9.17, 15) is 9.59 Å². The monoisotopic (exact) mass is 480 g/mol. The maximum Gasteiger partial charge on any atom is 0.341 e. The van der Waals surface area contributed by atoms with Crippen molar-refractivity contribution in [3.63, 3.8) is 0 Å². The predicted octanol–water partition coefficient (Wildman–Crippen LogP) is 6.77. The summed E-state index contributed by atoms with van der Waals surface area (Å²) in [5.74, 6) is -0.610. The number of nitrogens with zero attached hydrogens (tertiary/aromatic N) is 1. The van der Waals surface area contributed by atoms with Gasteiger partial charge in [0.05, 0.1) is 11.6 Å². The molecule has 0 aliphatic heterocycles. The summed E-state index contributed by atoms with van der Waals surface area (Å²) in [4.78, 5) is 26.2. The van der Waals surface area contributed by atoms with Gasteiger partial charge in [0.2, 0.25) is 0 Å². The minimum Gasteiger partial charge on any atom is -0.462 e. The highest BCUT2D eigenvalue weighted by molar-refractivity contribution is 7.15. The lowest BCUT2D eigenvalue weighted by Crippen LogP contribution is -2.16. The normalized spacial score (nSPS) is 10.8. The van der Waals surface area contributed by atoms with Gasteiger partial charge in [-0.25, -0.2) is 4.79 Å². The van der Waals surface area contributed by atoms with Crippen LogP contribution in [0, 0.1) is 13.8 Å². The largest absolute Gasteiger partial charge is 0.462 e. The number of nitrogens with one attached hydrogen (secondary N) is 1. The average Bonchev–Trinajstić information content (AvgIpc) is 3.38. The zero-order chi connectivity index (χ0) is 23.5. The van der Waals surface area contributed by atoms with Gasteiger partial charge in [-0.2, -0.15) is 0 Å². The van der Waals surface area contributed by atoms with Gasteiger partial charge in [-0.3, -0.25) is 4.79 Å². The molecule has 6 nitrogen and oxygen atoms in total. The number of thiophene rings is 1. The summed E-state index contributed by atoms with van der Waals surface area (Å²) in [6.45, 7) is 5.59. The van der Waals surface area contributed by atoms with Gasteiger partial charge in [-0.05, 0) is 32.4 Å². The summed E-state index contributed by atoms with van der Waals surface area (Å²) in [7, 11) is 0. The fraction of sp³-hybridized carbons (Fsp3) is 0.160. The topological polar surface area (TPSA) is 81.4 Å². The number of aryl methyl sites for hydroxylation is 2. The van der Waals surface area contributed by atoms with E-state index < -0.39 is 11.9 Å². The lowest BCUT2D eigenvalue weighted by atomic mass is 10.0. The van der Waals surface area contributed by atoms with Crippen LogP contribution in [0.5, 0.6) is 0 Å². The van der Waals surface area contributed by atoms with Crippen LogP contribution < -0.4 is 5.32 Å². The van der Waals surface area contributed by atoms with Crippen molar-refractivity contribution in [2.24, 2.45) is 0 Å².